The number of hydrogen-bond donors (Lipinski definition) is 2. The Labute approximate surface area is 300 Å². The molecule has 0 saturated carbocycles. The summed E-state index contributed by atoms with van der Waals surface area (Å²) < 4.78 is 25.3. The van der Waals surface area contributed by atoms with Crippen molar-refractivity contribution in [1.82, 2.24) is 0 Å². The second-order valence-electron chi connectivity index (χ2n) is 16.4. The standard InChI is InChI=1S/C34H62ClIO8Si2/c1-32(2,3)45(10,11)43-28-21-26(18-16-25(38)20-29(40)41-9)42-30(31(28)44-46(12,13)33(4,5)6)27(39)19-17-24(37)15-14-23(35)22-34(7,8)36/h23,25-28,30-31,38-39H,14-16,18,20-22H2,1-13H3/t23-,25-,26+,27+,28?,30?,31?/m1/s1. The van der Waals surface area contributed by atoms with Crippen molar-refractivity contribution in [2.24, 2.45) is 0 Å². The predicted octanol–water partition coefficient (Wildman–Crippen LogP) is 7.55. The molecule has 0 aromatic carbocycles. The molecule has 0 amide bonds. The van der Waals surface area contributed by atoms with Crippen molar-refractivity contribution in [3.63, 3.8) is 0 Å². The molecular formula is C34H62ClIO8Si2. The van der Waals surface area contributed by atoms with Crippen molar-refractivity contribution in [1.29, 1.82) is 0 Å². The summed E-state index contributed by atoms with van der Waals surface area (Å²) in [6.07, 6.45) is -1.90. The number of ether oxygens (including phenoxy) is 2. The van der Waals surface area contributed by atoms with E-state index in [0.717, 1.165) is 6.42 Å². The van der Waals surface area contributed by atoms with E-state index >= 15 is 0 Å². The fourth-order valence-electron chi connectivity index (χ4n) is 4.70. The Balaban J connectivity index is 3.43. The van der Waals surface area contributed by atoms with Crippen LogP contribution in [-0.4, -0.2) is 91.1 Å². The topological polar surface area (TPSA) is 112 Å². The minimum Gasteiger partial charge on any atom is -0.469 e. The average molecular weight is 817 g/mol. The third-order valence-corrected chi connectivity index (χ3v) is 19.3. The number of Topliss-reactive ketones (excluding diaryl/α,β-unsaturated/α-hetero) is 1. The normalized spacial score (nSPS) is 23.6. The van der Waals surface area contributed by atoms with Crippen molar-refractivity contribution in [2.75, 3.05) is 7.11 Å². The highest BCUT2D eigenvalue weighted by Gasteiger charge is 2.51. The van der Waals surface area contributed by atoms with Crippen LogP contribution >= 0.6 is 34.2 Å². The molecule has 0 aliphatic carbocycles. The van der Waals surface area contributed by atoms with Gasteiger partial charge in [-0.15, -0.1) is 11.6 Å². The van der Waals surface area contributed by atoms with Crippen LogP contribution in [0.1, 0.15) is 100 Å². The number of esters is 1. The van der Waals surface area contributed by atoms with Crippen LogP contribution < -0.4 is 0 Å². The van der Waals surface area contributed by atoms with Crippen molar-refractivity contribution < 1.29 is 38.1 Å². The zero-order valence-corrected chi connectivity index (χ0v) is 35.5. The van der Waals surface area contributed by atoms with Gasteiger partial charge in [0.2, 0.25) is 5.78 Å². The molecule has 1 aliphatic heterocycles. The van der Waals surface area contributed by atoms with E-state index in [0.29, 0.717) is 25.7 Å². The maximum atomic E-state index is 12.8. The number of carbonyl (C=O) groups excluding carboxylic acids is 2. The first-order valence-corrected chi connectivity index (χ1v) is 23.8. The summed E-state index contributed by atoms with van der Waals surface area (Å²) in [4.78, 5) is 24.5. The minimum atomic E-state index is -2.39. The number of rotatable bonds is 15. The molecule has 1 saturated heterocycles. The number of hydrogen-bond acceptors (Lipinski definition) is 8. The molecule has 0 radical (unpaired) electrons. The maximum absolute atomic E-state index is 12.8. The summed E-state index contributed by atoms with van der Waals surface area (Å²) in [5, 5.41) is 21.7. The maximum Gasteiger partial charge on any atom is 0.308 e. The SMILES string of the molecule is COC(=O)C[C@H](O)CC[C@H]1CC(O[Si](C)(C)C(C)(C)C)C(O[Si](C)(C)C(C)(C)C)C([C@@H](O)C#CC(=O)CC[C@@H](Cl)CC(C)(C)I)O1. The first-order valence-electron chi connectivity index (χ1n) is 16.5. The smallest absolute Gasteiger partial charge is 0.308 e. The lowest BCUT2D eigenvalue weighted by Gasteiger charge is -2.50. The van der Waals surface area contributed by atoms with Crippen LogP contribution in [0.25, 0.3) is 0 Å². The summed E-state index contributed by atoms with van der Waals surface area (Å²) >= 11 is 8.82. The summed E-state index contributed by atoms with van der Waals surface area (Å²) in [6, 6.07) is 0. The van der Waals surface area contributed by atoms with E-state index in [-0.39, 0.29) is 37.5 Å². The van der Waals surface area contributed by atoms with Crippen molar-refractivity contribution in [3.05, 3.63) is 0 Å². The van der Waals surface area contributed by atoms with Gasteiger partial charge in [0, 0.05) is 21.6 Å². The zero-order chi connectivity index (χ0) is 35.9. The van der Waals surface area contributed by atoms with Gasteiger partial charge in [-0.1, -0.05) is 83.9 Å². The highest BCUT2D eigenvalue weighted by atomic mass is 127. The molecule has 1 fully saturated rings. The molecule has 0 aromatic heterocycles. The Bertz CT molecular complexity index is 1050. The lowest BCUT2D eigenvalue weighted by Crippen LogP contribution is -2.61. The summed E-state index contributed by atoms with van der Waals surface area (Å²) in [5.41, 5.74) is 0. The van der Waals surface area contributed by atoms with Gasteiger partial charge in [-0.3, -0.25) is 9.59 Å². The van der Waals surface area contributed by atoms with E-state index in [1.54, 1.807) is 0 Å². The van der Waals surface area contributed by atoms with Crippen molar-refractivity contribution >= 4 is 62.6 Å². The van der Waals surface area contributed by atoms with E-state index in [1.807, 2.05) is 0 Å². The van der Waals surface area contributed by atoms with Gasteiger partial charge in [0.15, 0.2) is 16.6 Å². The lowest BCUT2D eigenvalue weighted by molar-refractivity contribution is -0.184. The number of methoxy groups -OCH3 is 1. The Kier molecular flexibility index (Phi) is 17.0. The summed E-state index contributed by atoms with van der Waals surface area (Å²) in [7, 11) is -3.41. The lowest BCUT2D eigenvalue weighted by atomic mass is 9.92. The Hall–Kier alpha value is -0.0462. The van der Waals surface area contributed by atoms with Crippen molar-refractivity contribution in [3.8, 4) is 11.8 Å². The second-order valence-corrected chi connectivity index (χ2v) is 29.5. The Morgan fingerprint density at radius 1 is 0.978 bits per heavy atom. The van der Waals surface area contributed by atoms with Gasteiger partial charge in [-0.25, -0.2) is 0 Å². The van der Waals surface area contributed by atoms with E-state index in [9.17, 15) is 19.8 Å². The highest BCUT2D eigenvalue weighted by molar-refractivity contribution is 14.1. The third-order valence-electron chi connectivity index (χ3n) is 9.54. The van der Waals surface area contributed by atoms with Crippen LogP contribution in [0.2, 0.25) is 36.3 Å². The number of aliphatic hydroxyl groups is 2. The summed E-state index contributed by atoms with van der Waals surface area (Å²) in [5.74, 6) is 4.66. The van der Waals surface area contributed by atoms with E-state index < -0.39 is 59.2 Å². The first kappa shape index (κ1) is 44.0. The van der Waals surface area contributed by atoms with Gasteiger partial charge in [0.1, 0.15) is 12.2 Å². The molecule has 1 aliphatic rings. The summed E-state index contributed by atoms with van der Waals surface area (Å²) in [6.45, 7) is 25.9. The fraction of sp³-hybridized carbons (Fsp3) is 0.882. The first-order chi connectivity index (χ1) is 20.7. The molecule has 7 atom stereocenters. The molecule has 1 rings (SSSR count). The molecule has 46 heavy (non-hydrogen) atoms. The number of ketones is 1. The predicted molar refractivity (Wildman–Crippen MR) is 200 cm³/mol. The largest absolute Gasteiger partial charge is 0.469 e. The zero-order valence-electron chi connectivity index (χ0n) is 30.6. The molecule has 8 nitrogen and oxygen atoms in total. The quantitative estimate of drug-likeness (QED) is 0.0436. The molecule has 0 bridgehead atoms. The van der Waals surface area contributed by atoms with E-state index in [4.69, 9.17) is 29.9 Å². The molecule has 0 spiro atoms. The van der Waals surface area contributed by atoms with Gasteiger partial charge in [0.05, 0.1) is 37.9 Å². The van der Waals surface area contributed by atoms with Crippen LogP contribution in [-0.2, 0) is 27.9 Å². The molecule has 12 heteroatoms. The molecule has 3 unspecified atom stereocenters. The number of halogens is 2. The van der Waals surface area contributed by atoms with Gasteiger partial charge in [-0.05, 0) is 67.9 Å². The molecule has 0 aromatic rings. The van der Waals surface area contributed by atoms with E-state index in [2.05, 4.69) is 116 Å². The van der Waals surface area contributed by atoms with Crippen LogP contribution in [0.4, 0.5) is 0 Å². The second kappa shape index (κ2) is 17.7. The van der Waals surface area contributed by atoms with E-state index in [1.165, 1.54) is 7.11 Å². The third kappa shape index (κ3) is 14.8. The molecule has 1 heterocycles. The van der Waals surface area contributed by atoms with Gasteiger partial charge >= 0.3 is 5.97 Å². The number of aliphatic hydroxyl groups excluding tert-OH is 2. The molecule has 2 N–H and O–H groups in total. The highest BCUT2D eigenvalue weighted by Crippen LogP contribution is 2.44. The van der Waals surface area contributed by atoms with Crippen LogP contribution in [0.15, 0.2) is 0 Å². The minimum absolute atomic E-state index is 0.0293. The molecular weight excluding hydrogens is 755 g/mol. The van der Waals surface area contributed by atoms with Crippen LogP contribution in [0.3, 0.4) is 0 Å². The van der Waals surface area contributed by atoms with Gasteiger partial charge in [-0.2, -0.15) is 0 Å². The molecule has 268 valence electrons. The fourth-order valence-corrected chi connectivity index (χ4v) is 8.65. The van der Waals surface area contributed by atoms with Gasteiger partial charge in [0.25, 0.3) is 0 Å². The Morgan fingerprint density at radius 2 is 1.52 bits per heavy atom. The average Bonchev–Trinajstić information content (AvgIpc) is 2.87. The van der Waals surface area contributed by atoms with Crippen molar-refractivity contribution in [2.45, 2.75) is 182 Å². The van der Waals surface area contributed by atoms with Crippen LogP contribution in [0, 0.1) is 11.8 Å². The van der Waals surface area contributed by atoms with Crippen LogP contribution in [0.5, 0.6) is 0 Å². The number of carbonyl (C=O) groups is 2. The van der Waals surface area contributed by atoms with Gasteiger partial charge < -0.3 is 28.5 Å². The Morgan fingerprint density at radius 3 is 2.02 bits per heavy atom. The number of alkyl halides is 2. The monoisotopic (exact) mass is 816 g/mol.